The number of aromatic hydroxyl groups is 1. The Labute approximate surface area is 230 Å². The minimum absolute atomic E-state index is 0.00718. The number of carbonyl (C=O) groups excluding carboxylic acids is 2. The van der Waals surface area contributed by atoms with Crippen LogP contribution in [0.3, 0.4) is 0 Å². The number of phenolic OH excluding ortho intramolecular Hbond substituents is 1. The number of halogens is 1. The Morgan fingerprint density at radius 1 is 1.03 bits per heavy atom. The van der Waals surface area contributed by atoms with Gasteiger partial charge in [0.25, 0.3) is 0 Å². The number of aromatic nitrogens is 2. The maximum atomic E-state index is 13.6. The Kier molecular flexibility index (Phi) is 10.4. The van der Waals surface area contributed by atoms with Gasteiger partial charge in [-0.25, -0.2) is 4.79 Å². The molecule has 0 fully saturated rings. The summed E-state index contributed by atoms with van der Waals surface area (Å²) in [6, 6.07) is 3.57. The summed E-state index contributed by atoms with van der Waals surface area (Å²) in [6.07, 6.45) is 4.65. The molecule has 1 aromatic carbocycles. The quantitative estimate of drug-likeness (QED) is 0.252. The van der Waals surface area contributed by atoms with Crippen LogP contribution in [0.1, 0.15) is 114 Å². The number of esters is 1. The van der Waals surface area contributed by atoms with Crippen molar-refractivity contribution >= 4 is 27.9 Å². The van der Waals surface area contributed by atoms with Crippen LogP contribution in [0, 0.1) is 5.92 Å². The number of rotatable bonds is 10. The summed E-state index contributed by atoms with van der Waals surface area (Å²) >= 11 is 3.22. The fourth-order valence-electron chi connectivity index (χ4n) is 4.53. The lowest BCUT2D eigenvalue weighted by Gasteiger charge is -2.28. The van der Waals surface area contributed by atoms with Gasteiger partial charge in [0, 0.05) is 29.4 Å². The van der Waals surface area contributed by atoms with Crippen molar-refractivity contribution < 1.29 is 19.4 Å². The molecule has 0 saturated heterocycles. The number of phenols is 1. The van der Waals surface area contributed by atoms with E-state index in [1.54, 1.807) is 29.8 Å². The van der Waals surface area contributed by atoms with E-state index in [1.165, 1.54) is 0 Å². The zero-order valence-electron chi connectivity index (χ0n) is 23.9. The molecule has 2 rings (SSSR count). The number of ketones is 1. The second-order valence-electron chi connectivity index (χ2n) is 11.7. The Balaban J connectivity index is 2.59. The summed E-state index contributed by atoms with van der Waals surface area (Å²) < 4.78 is 13.1. The van der Waals surface area contributed by atoms with Crippen LogP contribution >= 0.6 is 16.1 Å². The van der Waals surface area contributed by atoms with E-state index in [-0.39, 0.29) is 35.5 Å². The Morgan fingerprint density at radius 2 is 1.57 bits per heavy atom. The lowest BCUT2D eigenvalue weighted by molar-refractivity contribution is 0.0512. The topological polar surface area (TPSA) is 85.8 Å². The Morgan fingerprint density at radius 3 is 2.00 bits per heavy atom. The number of Topliss-reactive ketones (excluding diaryl/α,β-unsaturated/α-hetero) is 1. The molecule has 0 radical (unpaired) electrons. The largest absolute Gasteiger partial charge is 0.507 e. The number of imidazole rings is 1. The first-order valence-corrected chi connectivity index (χ1v) is 13.9. The molecule has 0 saturated carbocycles. The summed E-state index contributed by atoms with van der Waals surface area (Å²) in [7, 11) is 0. The summed E-state index contributed by atoms with van der Waals surface area (Å²) in [4.78, 5) is 26.4. The van der Waals surface area contributed by atoms with Gasteiger partial charge in [-0.15, -0.1) is 0 Å². The number of hydrogen-bond donors (Lipinski definition) is 1. The maximum absolute atomic E-state index is 13.6. The number of hydrogen-bond acceptors (Lipinski definition) is 5. The lowest BCUT2D eigenvalue weighted by Crippen LogP contribution is -2.30. The summed E-state index contributed by atoms with van der Waals surface area (Å²) in [6.45, 7) is 19.1. The molecule has 1 N–H and O–H groups in total. The molecule has 0 aliphatic heterocycles. The summed E-state index contributed by atoms with van der Waals surface area (Å²) in [5.41, 5.74) is 2.13. The van der Waals surface area contributed by atoms with Crippen molar-refractivity contribution in [3.8, 4) is 5.75 Å². The molecule has 0 atom stereocenters. The molecule has 0 amide bonds. The average molecular weight is 579 g/mol. The van der Waals surface area contributed by atoms with Gasteiger partial charge in [0.05, 0.1) is 29.3 Å². The molecular formula is C29H44BrN3O4. The van der Waals surface area contributed by atoms with E-state index in [2.05, 4.69) is 34.0 Å². The number of carbonyl (C=O) groups is 2. The third-order valence-electron chi connectivity index (χ3n) is 6.90. The average Bonchev–Trinajstić information content (AvgIpc) is 3.15. The monoisotopic (exact) mass is 577 g/mol. The highest BCUT2D eigenvalue weighted by Crippen LogP contribution is 2.39. The van der Waals surface area contributed by atoms with Crippen molar-refractivity contribution in [1.29, 1.82) is 0 Å². The molecule has 0 spiro atoms. The van der Waals surface area contributed by atoms with Gasteiger partial charge in [0.1, 0.15) is 11.4 Å². The van der Waals surface area contributed by atoms with Crippen LogP contribution in [0.5, 0.6) is 5.75 Å². The Bertz CT molecular complexity index is 1140. The van der Waals surface area contributed by atoms with Crippen LogP contribution < -0.4 is 5.62 Å². The molecule has 0 unspecified atom stereocenters. The zero-order valence-corrected chi connectivity index (χ0v) is 25.5. The van der Waals surface area contributed by atoms with E-state index in [0.29, 0.717) is 29.3 Å². The standard InChI is InChI=1S/C29H44BrN3O4/c1-10-19(11-2)13-14-33-23(26(36)37-12-3)17-32(27(33)31-30)18-24(34)20-15-21(28(4,5)6)25(35)22(16-20)29(7,8)9/h15-17,19,35H,10-14,18H2,1-9H3. The number of ether oxygens (including phenoxy) is 1. The van der Waals surface area contributed by atoms with Gasteiger partial charge in [0.2, 0.25) is 5.62 Å². The molecule has 0 bridgehead atoms. The number of nitrogens with zero attached hydrogens (tertiary/aromatic N) is 3. The van der Waals surface area contributed by atoms with Crippen molar-refractivity contribution in [2.75, 3.05) is 6.61 Å². The van der Waals surface area contributed by atoms with Crippen LogP contribution in [0.4, 0.5) is 0 Å². The second-order valence-corrected chi connectivity index (χ2v) is 12.1. The summed E-state index contributed by atoms with van der Waals surface area (Å²) in [5.74, 6) is 0.188. The van der Waals surface area contributed by atoms with E-state index in [0.717, 1.165) is 30.4 Å². The number of benzene rings is 1. The minimum atomic E-state index is -0.440. The maximum Gasteiger partial charge on any atom is 0.356 e. The predicted octanol–water partition coefficient (Wildman–Crippen LogP) is 6.69. The third kappa shape index (κ3) is 7.37. The van der Waals surface area contributed by atoms with E-state index >= 15 is 0 Å². The molecule has 2 aromatic rings. The third-order valence-corrected chi connectivity index (χ3v) is 7.22. The van der Waals surface area contributed by atoms with Gasteiger partial charge < -0.3 is 19.0 Å². The van der Waals surface area contributed by atoms with Gasteiger partial charge in [-0.3, -0.25) is 4.79 Å². The van der Waals surface area contributed by atoms with Gasteiger partial charge in [0.15, 0.2) is 5.78 Å². The van der Waals surface area contributed by atoms with E-state index < -0.39 is 5.97 Å². The van der Waals surface area contributed by atoms with Crippen LogP contribution in [-0.4, -0.2) is 32.6 Å². The van der Waals surface area contributed by atoms with Gasteiger partial charge in [-0.05, 0) is 42.2 Å². The molecule has 0 aliphatic carbocycles. The van der Waals surface area contributed by atoms with Crippen LogP contribution in [0.25, 0.3) is 0 Å². The molecule has 7 nitrogen and oxygen atoms in total. The van der Waals surface area contributed by atoms with E-state index in [9.17, 15) is 14.7 Å². The fraction of sp³-hybridized carbons (Fsp3) is 0.621. The SMILES string of the molecule is CCOC(=O)c1cn(CC(=O)c2cc(C(C)(C)C)c(O)c(C(C)(C)C)c2)c(=NBr)n1CCC(CC)CC. The first-order chi connectivity index (χ1) is 17.2. The molecular weight excluding hydrogens is 534 g/mol. The predicted molar refractivity (Wildman–Crippen MR) is 151 cm³/mol. The summed E-state index contributed by atoms with van der Waals surface area (Å²) in [5, 5.41) is 11.0. The van der Waals surface area contributed by atoms with Crippen molar-refractivity contribution in [2.24, 2.45) is 9.94 Å². The molecule has 206 valence electrons. The Hall–Kier alpha value is -2.35. The van der Waals surface area contributed by atoms with E-state index in [1.807, 2.05) is 46.1 Å². The van der Waals surface area contributed by atoms with Crippen LogP contribution in [0.15, 0.2) is 22.3 Å². The zero-order chi connectivity index (χ0) is 28.1. The van der Waals surface area contributed by atoms with Gasteiger partial charge in [-0.1, -0.05) is 68.2 Å². The first kappa shape index (κ1) is 30.9. The molecule has 8 heteroatoms. The molecule has 37 heavy (non-hydrogen) atoms. The minimum Gasteiger partial charge on any atom is -0.507 e. The second kappa shape index (κ2) is 12.5. The van der Waals surface area contributed by atoms with Crippen molar-refractivity contribution in [1.82, 2.24) is 9.13 Å². The highest BCUT2D eigenvalue weighted by molar-refractivity contribution is 9.08. The smallest absolute Gasteiger partial charge is 0.356 e. The highest BCUT2D eigenvalue weighted by Gasteiger charge is 2.28. The van der Waals surface area contributed by atoms with Gasteiger partial charge >= 0.3 is 5.97 Å². The highest BCUT2D eigenvalue weighted by atomic mass is 79.9. The van der Waals surface area contributed by atoms with Gasteiger partial charge in [-0.2, -0.15) is 4.02 Å². The van der Waals surface area contributed by atoms with E-state index in [4.69, 9.17) is 4.74 Å². The van der Waals surface area contributed by atoms with Crippen molar-refractivity contribution in [3.63, 3.8) is 0 Å². The van der Waals surface area contributed by atoms with Crippen molar-refractivity contribution in [3.05, 3.63) is 46.3 Å². The van der Waals surface area contributed by atoms with Crippen molar-refractivity contribution in [2.45, 2.75) is 105 Å². The molecule has 1 heterocycles. The van der Waals surface area contributed by atoms with Crippen LogP contribution in [-0.2, 0) is 28.7 Å². The van der Waals surface area contributed by atoms with Crippen LogP contribution in [0.2, 0.25) is 0 Å². The first-order valence-electron chi connectivity index (χ1n) is 13.2. The lowest BCUT2D eigenvalue weighted by atomic mass is 9.78. The normalized spacial score (nSPS) is 12.9. The fourth-order valence-corrected chi connectivity index (χ4v) is 4.93. The molecule has 1 aromatic heterocycles. The molecule has 0 aliphatic rings.